The number of halogens is 2. The van der Waals surface area contributed by atoms with Crippen molar-refractivity contribution in [3.05, 3.63) is 44.1 Å². The van der Waals surface area contributed by atoms with E-state index in [0.717, 1.165) is 31.8 Å². The summed E-state index contributed by atoms with van der Waals surface area (Å²) in [4.78, 5) is 15.4. The molecule has 1 unspecified atom stereocenters. The van der Waals surface area contributed by atoms with E-state index in [2.05, 4.69) is 23.8 Å². The maximum Gasteiger partial charge on any atom is 0.346 e. The molecule has 146 valence electrons. The van der Waals surface area contributed by atoms with Crippen LogP contribution in [-0.2, 0) is 13.0 Å². The molecule has 2 aliphatic heterocycles. The van der Waals surface area contributed by atoms with Crippen LogP contribution in [0.25, 0.3) is 0 Å². The molecule has 0 aliphatic carbocycles. The largest absolute Gasteiger partial charge is 0.508 e. The number of phenols is 1. The Kier molecular flexibility index (Phi) is 4.99. The molecule has 1 aromatic carbocycles. The van der Waals surface area contributed by atoms with E-state index in [1.54, 1.807) is 21.4 Å². The Hall–Kier alpha value is -1.50. The zero-order valence-corrected chi connectivity index (χ0v) is 17.0. The zero-order chi connectivity index (χ0) is 19.3. The number of fused-ring (bicyclic) bond motifs is 1. The molecule has 0 amide bonds. The maximum absolute atomic E-state index is 12.9. The standard InChI is InChI=1S/C19H24Cl2N4O2/c1-11(2)23-7-5-13(6-8-23)25-19(27)24-10-12(9-16(24)22-25)17-15(26)4-3-14(20)18(17)21/h3-4,11-13,26H,5-10H2,1-2H3. The highest BCUT2D eigenvalue weighted by Crippen LogP contribution is 2.41. The summed E-state index contributed by atoms with van der Waals surface area (Å²) in [6.07, 6.45) is 2.46. The monoisotopic (exact) mass is 410 g/mol. The van der Waals surface area contributed by atoms with Crippen LogP contribution in [0.2, 0.25) is 10.0 Å². The van der Waals surface area contributed by atoms with Gasteiger partial charge in [-0.2, -0.15) is 5.10 Å². The minimum absolute atomic E-state index is 0.0619. The normalized spacial score (nSPS) is 21.1. The lowest BCUT2D eigenvalue weighted by atomic mass is 9.96. The molecular formula is C19H24Cl2N4O2. The van der Waals surface area contributed by atoms with E-state index >= 15 is 0 Å². The van der Waals surface area contributed by atoms with E-state index in [1.807, 2.05) is 0 Å². The minimum atomic E-state index is -0.0937. The number of phenolic OH excluding ortho intramolecular Hbond substituents is 1. The van der Waals surface area contributed by atoms with Crippen molar-refractivity contribution in [2.75, 3.05) is 13.1 Å². The van der Waals surface area contributed by atoms with Crippen molar-refractivity contribution in [2.24, 2.45) is 0 Å². The van der Waals surface area contributed by atoms with Crippen LogP contribution in [0.1, 0.15) is 50.0 Å². The van der Waals surface area contributed by atoms with Gasteiger partial charge in [-0.3, -0.25) is 4.57 Å². The Morgan fingerprint density at radius 1 is 1.22 bits per heavy atom. The van der Waals surface area contributed by atoms with Crippen molar-refractivity contribution in [1.29, 1.82) is 0 Å². The molecule has 1 N–H and O–H groups in total. The molecule has 1 aromatic heterocycles. The van der Waals surface area contributed by atoms with Crippen LogP contribution >= 0.6 is 23.2 Å². The van der Waals surface area contributed by atoms with Crippen LogP contribution in [0.3, 0.4) is 0 Å². The van der Waals surface area contributed by atoms with Gasteiger partial charge in [0.1, 0.15) is 11.6 Å². The Bertz CT molecular complexity index is 913. The number of rotatable bonds is 3. The number of likely N-dealkylation sites (tertiary alicyclic amines) is 1. The van der Waals surface area contributed by atoms with E-state index in [4.69, 9.17) is 23.2 Å². The quantitative estimate of drug-likeness (QED) is 0.841. The summed E-state index contributed by atoms with van der Waals surface area (Å²) < 4.78 is 3.39. The first-order chi connectivity index (χ1) is 12.9. The topological polar surface area (TPSA) is 63.3 Å². The van der Waals surface area contributed by atoms with Crippen molar-refractivity contribution < 1.29 is 5.11 Å². The Labute approximate surface area is 168 Å². The summed E-state index contributed by atoms with van der Waals surface area (Å²) >= 11 is 12.4. The fourth-order valence-electron chi connectivity index (χ4n) is 4.32. The minimum Gasteiger partial charge on any atom is -0.508 e. The summed E-state index contributed by atoms with van der Waals surface area (Å²) in [5, 5.41) is 15.6. The van der Waals surface area contributed by atoms with Gasteiger partial charge >= 0.3 is 5.69 Å². The first kappa shape index (κ1) is 18.8. The number of hydrogen-bond donors (Lipinski definition) is 1. The summed E-state index contributed by atoms with van der Waals surface area (Å²) in [5.74, 6) is 0.775. The van der Waals surface area contributed by atoms with Gasteiger partial charge in [0.25, 0.3) is 0 Å². The second-order valence-electron chi connectivity index (χ2n) is 7.81. The molecule has 0 saturated carbocycles. The van der Waals surface area contributed by atoms with Crippen molar-refractivity contribution >= 4 is 23.2 Å². The lowest BCUT2D eigenvalue weighted by Crippen LogP contribution is -2.41. The van der Waals surface area contributed by atoms with Gasteiger partial charge in [0.2, 0.25) is 0 Å². The third kappa shape index (κ3) is 3.28. The second kappa shape index (κ2) is 7.15. The van der Waals surface area contributed by atoms with E-state index in [0.29, 0.717) is 34.6 Å². The maximum atomic E-state index is 12.9. The molecule has 6 nitrogen and oxygen atoms in total. The predicted octanol–water partition coefficient (Wildman–Crippen LogP) is 3.44. The van der Waals surface area contributed by atoms with E-state index in [1.165, 1.54) is 0 Å². The van der Waals surface area contributed by atoms with Gasteiger partial charge in [0, 0.05) is 43.6 Å². The van der Waals surface area contributed by atoms with Crippen LogP contribution in [0.15, 0.2) is 16.9 Å². The highest BCUT2D eigenvalue weighted by molar-refractivity contribution is 6.42. The summed E-state index contributed by atoms with van der Waals surface area (Å²) in [5.41, 5.74) is 0.541. The number of nitrogens with zero attached hydrogens (tertiary/aromatic N) is 4. The second-order valence-corrected chi connectivity index (χ2v) is 8.60. The molecule has 2 aliphatic rings. The number of piperidine rings is 1. The molecular weight excluding hydrogens is 387 g/mol. The van der Waals surface area contributed by atoms with Crippen LogP contribution in [0.5, 0.6) is 5.75 Å². The van der Waals surface area contributed by atoms with Gasteiger partial charge < -0.3 is 10.0 Å². The lowest BCUT2D eigenvalue weighted by Gasteiger charge is -2.34. The Morgan fingerprint density at radius 3 is 2.56 bits per heavy atom. The van der Waals surface area contributed by atoms with Crippen LogP contribution in [0.4, 0.5) is 0 Å². The first-order valence-corrected chi connectivity index (χ1v) is 10.2. The predicted molar refractivity (Wildman–Crippen MR) is 106 cm³/mol. The summed E-state index contributed by atoms with van der Waals surface area (Å²) in [7, 11) is 0. The fourth-order valence-corrected chi connectivity index (χ4v) is 4.80. The Morgan fingerprint density at radius 2 is 1.93 bits per heavy atom. The number of benzene rings is 1. The van der Waals surface area contributed by atoms with E-state index in [9.17, 15) is 9.90 Å². The summed E-state index contributed by atoms with van der Waals surface area (Å²) in [6, 6.07) is 3.82. The molecule has 4 rings (SSSR count). The van der Waals surface area contributed by atoms with Gasteiger partial charge in [-0.15, -0.1) is 0 Å². The molecule has 1 atom stereocenters. The van der Waals surface area contributed by atoms with Gasteiger partial charge in [-0.1, -0.05) is 23.2 Å². The molecule has 27 heavy (non-hydrogen) atoms. The zero-order valence-electron chi connectivity index (χ0n) is 15.5. The molecule has 8 heteroatoms. The highest BCUT2D eigenvalue weighted by atomic mass is 35.5. The first-order valence-electron chi connectivity index (χ1n) is 9.46. The molecule has 0 bridgehead atoms. The van der Waals surface area contributed by atoms with Gasteiger partial charge in [-0.25, -0.2) is 9.48 Å². The van der Waals surface area contributed by atoms with Crippen molar-refractivity contribution in [3.63, 3.8) is 0 Å². The van der Waals surface area contributed by atoms with Crippen molar-refractivity contribution in [3.8, 4) is 5.75 Å². The SMILES string of the molecule is CC(C)N1CCC(n2nc3n(c2=O)CC(c2c(O)ccc(Cl)c2Cl)C3)CC1. The van der Waals surface area contributed by atoms with Gasteiger partial charge in [0.05, 0.1) is 16.1 Å². The Balaban J connectivity index is 1.55. The molecule has 0 spiro atoms. The molecule has 1 saturated heterocycles. The number of aromatic hydroxyl groups is 1. The van der Waals surface area contributed by atoms with Gasteiger partial charge in [0.15, 0.2) is 0 Å². The fraction of sp³-hybridized carbons (Fsp3) is 0.579. The van der Waals surface area contributed by atoms with Gasteiger partial charge in [-0.05, 0) is 38.8 Å². The average Bonchev–Trinajstić information content (AvgIpc) is 3.18. The summed E-state index contributed by atoms with van der Waals surface area (Å²) in [6.45, 7) is 6.85. The van der Waals surface area contributed by atoms with E-state index in [-0.39, 0.29) is 23.4 Å². The molecule has 2 aromatic rings. The number of hydrogen-bond acceptors (Lipinski definition) is 4. The molecule has 0 radical (unpaired) electrons. The smallest absolute Gasteiger partial charge is 0.346 e. The molecule has 1 fully saturated rings. The van der Waals surface area contributed by atoms with E-state index < -0.39 is 0 Å². The van der Waals surface area contributed by atoms with Crippen molar-refractivity contribution in [2.45, 2.75) is 57.7 Å². The van der Waals surface area contributed by atoms with Crippen LogP contribution < -0.4 is 5.69 Å². The van der Waals surface area contributed by atoms with Crippen LogP contribution in [-0.4, -0.2) is 43.5 Å². The lowest BCUT2D eigenvalue weighted by molar-refractivity contribution is 0.145. The highest BCUT2D eigenvalue weighted by Gasteiger charge is 2.33. The third-order valence-corrected chi connectivity index (χ3v) is 6.71. The molecule has 3 heterocycles. The van der Waals surface area contributed by atoms with Crippen molar-refractivity contribution in [1.82, 2.24) is 19.2 Å². The van der Waals surface area contributed by atoms with Crippen LogP contribution in [0, 0.1) is 0 Å². The number of aromatic nitrogens is 3. The average molecular weight is 411 g/mol. The third-order valence-electron chi connectivity index (χ3n) is 5.89.